The third-order valence-electron chi connectivity index (χ3n) is 2.76. The molecule has 0 saturated heterocycles. The second kappa shape index (κ2) is 4.70. The molecule has 2 aromatic carbocycles. The topological polar surface area (TPSA) is 121 Å². The van der Waals surface area contributed by atoms with Crippen LogP contribution in [-0.2, 0) is 20.2 Å². The van der Waals surface area contributed by atoms with Crippen molar-refractivity contribution in [1.29, 1.82) is 0 Å². The molecule has 0 aliphatic heterocycles. The normalized spacial score (nSPS) is 12.6. The van der Waals surface area contributed by atoms with Gasteiger partial charge in [0.25, 0.3) is 20.2 Å². The number of rotatable bonds is 3. The van der Waals surface area contributed by atoms with Gasteiger partial charge < -0.3 is 5.32 Å². The van der Waals surface area contributed by atoms with Crippen molar-refractivity contribution in [2.75, 3.05) is 12.4 Å². The molecule has 2 aromatic rings. The van der Waals surface area contributed by atoms with Crippen LogP contribution in [0.2, 0.25) is 0 Å². The van der Waals surface area contributed by atoms with E-state index >= 15 is 0 Å². The van der Waals surface area contributed by atoms with Crippen LogP contribution in [0.4, 0.5) is 5.69 Å². The molecule has 0 aliphatic rings. The molecule has 7 nitrogen and oxygen atoms in total. The quantitative estimate of drug-likeness (QED) is 0.731. The summed E-state index contributed by atoms with van der Waals surface area (Å²) in [5, 5.41) is 3.55. The van der Waals surface area contributed by atoms with Crippen molar-refractivity contribution in [2.24, 2.45) is 0 Å². The van der Waals surface area contributed by atoms with Gasteiger partial charge in [0.15, 0.2) is 0 Å². The predicted molar refractivity (Wildman–Crippen MR) is 73.1 cm³/mol. The summed E-state index contributed by atoms with van der Waals surface area (Å²) in [6.45, 7) is 0. The van der Waals surface area contributed by atoms with E-state index in [9.17, 15) is 16.8 Å². The summed E-state index contributed by atoms with van der Waals surface area (Å²) < 4.78 is 62.6. The van der Waals surface area contributed by atoms with Crippen LogP contribution in [0.15, 0.2) is 40.1 Å². The van der Waals surface area contributed by atoms with Crippen LogP contribution in [0.1, 0.15) is 0 Å². The van der Waals surface area contributed by atoms with Crippen molar-refractivity contribution in [3.8, 4) is 0 Å². The fraction of sp³-hybridized carbons (Fsp3) is 0.0909. The maximum atomic E-state index is 11.2. The van der Waals surface area contributed by atoms with Crippen molar-refractivity contribution >= 4 is 36.7 Å². The minimum absolute atomic E-state index is 0.250. The van der Waals surface area contributed by atoms with Crippen molar-refractivity contribution in [1.82, 2.24) is 0 Å². The number of hydrogen-bond donors (Lipinski definition) is 3. The van der Waals surface area contributed by atoms with Crippen LogP contribution in [-0.4, -0.2) is 33.0 Å². The predicted octanol–water partition coefficient (Wildman–Crippen LogP) is 1.37. The Balaban J connectivity index is 2.87. The lowest BCUT2D eigenvalue weighted by atomic mass is 10.1. The average Bonchev–Trinajstić information content (AvgIpc) is 2.34. The zero-order valence-corrected chi connectivity index (χ0v) is 11.9. The van der Waals surface area contributed by atoms with Crippen LogP contribution in [0.5, 0.6) is 0 Å². The van der Waals surface area contributed by atoms with E-state index in [2.05, 4.69) is 5.32 Å². The second-order valence-corrected chi connectivity index (χ2v) is 6.90. The summed E-state index contributed by atoms with van der Waals surface area (Å²) in [4.78, 5) is -0.735. The molecule has 0 radical (unpaired) electrons. The Kier molecular flexibility index (Phi) is 3.46. The molecule has 108 valence electrons. The van der Waals surface area contributed by atoms with Gasteiger partial charge in [0, 0.05) is 18.1 Å². The van der Waals surface area contributed by atoms with Gasteiger partial charge in [-0.3, -0.25) is 9.11 Å². The zero-order chi connectivity index (χ0) is 15.1. The Bertz CT molecular complexity index is 881. The maximum absolute atomic E-state index is 11.2. The summed E-state index contributed by atoms with van der Waals surface area (Å²) in [5.41, 5.74) is 0.400. The first-order valence-corrected chi connectivity index (χ1v) is 8.21. The molecule has 0 spiro atoms. The number of anilines is 1. The summed E-state index contributed by atoms with van der Waals surface area (Å²) in [7, 11) is -7.27. The molecular weight excluding hydrogens is 306 g/mol. The Morgan fingerprint density at radius 1 is 0.900 bits per heavy atom. The molecule has 0 unspecified atom stereocenters. The lowest BCUT2D eigenvalue weighted by molar-refractivity contribution is 0.481. The van der Waals surface area contributed by atoms with Gasteiger partial charge in [-0.25, -0.2) is 0 Å². The van der Waals surface area contributed by atoms with Gasteiger partial charge in [-0.05, 0) is 29.7 Å². The second-order valence-electron chi connectivity index (χ2n) is 4.05. The summed E-state index contributed by atoms with van der Waals surface area (Å²) in [6, 6.07) is 6.11. The highest BCUT2D eigenvalue weighted by Gasteiger charge is 2.15. The van der Waals surface area contributed by atoms with Crippen molar-refractivity contribution in [2.45, 2.75) is 9.79 Å². The smallest absolute Gasteiger partial charge is 0.294 e. The Hall–Kier alpha value is -1.68. The van der Waals surface area contributed by atoms with Gasteiger partial charge in [-0.15, -0.1) is 0 Å². The Morgan fingerprint density at radius 2 is 1.45 bits per heavy atom. The third kappa shape index (κ3) is 2.75. The van der Waals surface area contributed by atoms with E-state index in [-0.39, 0.29) is 15.2 Å². The summed E-state index contributed by atoms with van der Waals surface area (Å²) in [6.07, 6.45) is 0. The van der Waals surface area contributed by atoms with E-state index in [4.69, 9.17) is 9.11 Å². The SMILES string of the molecule is CNc1cc(S(=O)(=O)O)cc2cc(S(=O)(=O)O)ccc12. The van der Waals surface area contributed by atoms with E-state index < -0.39 is 20.2 Å². The molecule has 0 bridgehead atoms. The van der Waals surface area contributed by atoms with Crippen molar-refractivity contribution < 1.29 is 25.9 Å². The molecule has 20 heavy (non-hydrogen) atoms. The molecule has 0 aromatic heterocycles. The molecule has 0 aliphatic carbocycles. The van der Waals surface area contributed by atoms with Crippen molar-refractivity contribution in [3.63, 3.8) is 0 Å². The molecule has 3 N–H and O–H groups in total. The molecule has 0 fully saturated rings. The Morgan fingerprint density at radius 3 is 1.95 bits per heavy atom. The maximum Gasteiger partial charge on any atom is 0.294 e. The van der Waals surface area contributed by atoms with Crippen LogP contribution < -0.4 is 5.32 Å². The third-order valence-corrected chi connectivity index (χ3v) is 4.44. The van der Waals surface area contributed by atoms with Crippen LogP contribution >= 0.6 is 0 Å². The van der Waals surface area contributed by atoms with Gasteiger partial charge in [-0.2, -0.15) is 16.8 Å². The highest BCUT2D eigenvalue weighted by atomic mass is 32.2. The molecule has 0 saturated carbocycles. The first-order valence-electron chi connectivity index (χ1n) is 5.33. The summed E-state index contributed by atoms with van der Waals surface area (Å²) >= 11 is 0. The minimum atomic E-state index is -4.43. The molecular formula is C11H11NO6S2. The zero-order valence-electron chi connectivity index (χ0n) is 10.2. The monoisotopic (exact) mass is 317 g/mol. The van der Waals surface area contributed by atoms with Gasteiger partial charge in [0.1, 0.15) is 0 Å². The van der Waals surface area contributed by atoms with E-state index in [0.29, 0.717) is 11.1 Å². The van der Waals surface area contributed by atoms with Crippen LogP contribution in [0.25, 0.3) is 10.8 Å². The lowest BCUT2D eigenvalue weighted by Crippen LogP contribution is -2.02. The molecule has 9 heteroatoms. The minimum Gasteiger partial charge on any atom is -0.388 e. The molecule has 2 rings (SSSR count). The number of nitrogens with one attached hydrogen (secondary N) is 1. The van der Waals surface area contributed by atoms with Gasteiger partial charge in [0.05, 0.1) is 9.79 Å². The average molecular weight is 317 g/mol. The van der Waals surface area contributed by atoms with Crippen molar-refractivity contribution in [3.05, 3.63) is 30.3 Å². The lowest BCUT2D eigenvalue weighted by Gasteiger charge is -2.09. The largest absolute Gasteiger partial charge is 0.388 e. The molecule has 0 heterocycles. The number of hydrogen-bond acceptors (Lipinski definition) is 5. The standard InChI is InChI=1S/C11H11NO6S2/c1-12-11-6-9(20(16,17)18)5-7-4-8(19(13,14)15)2-3-10(7)11/h2-6,12H,1H3,(H,13,14,15)(H,16,17,18). The van der Waals surface area contributed by atoms with Gasteiger partial charge >= 0.3 is 0 Å². The highest BCUT2D eigenvalue weighted by Crippen LogP contribution is 2.29. The summed E-state index contributed by atoms with van der Waals surface area (Å²) in [5.74, 6) is 0. The fourth-order valence-electron chi connectivity index (χ4n) is 1.84. The van der Waals surface area contributed by atoms with E-state index in [1.54, 1.807) is 7.05 Å². The first kappa shape index (κ1) is 14.7. The number of fused-ring (bicyclic) bond motifs is 1. The highest BCUT2D eigenvalue weighted by molar-refractivity contribution is 7.86. The molecule has 0 atom stereocenters. The Labute approximate surface area is 115 Å². The van der Waals surface area contributed by atoms with E-state index in [0.717, 1.165) is 12.1 Å². The van der Waals surface area contributed by atoms with E-state index in [1.807, 2.05) is 0 Å². The number of benzene rings is 2. The van der Waals surface area contributed by atoms with Crippen LogP contribution in [0, 0.1) is 0 Å². The first-order chi connectivity index (χ1) is 9.13. The molecule has 0 amide bonds. The fourth-order valence-corrected chi connectivity index (χ4v) is 2.90. The van der Waals surface area contributed by atoms with Gasteiger partial charge in [0.2, 0.25) is 0 Å². The van der Waals surface area contributed by atoms with E-state index in [1.165, 1.54) is 18.2 Å². The van der Waals surface area contributed by atoms with Gasteiger partial charge in [-0.1, -0.05) is 6.07 Å². The van der Waals surface area contributed by atoms with Crippen LogP contribution in [0.3, 0.4) is 0 Å².